The molecule has 3 rings (SSSR count). The average Bonchev–Trinajstić information content (AvgIpc) is 2.82. The number of hydrogen-bond donors (Lipinski definition) is 1. The predicted molar refractivity (Wildman–Crippen MR) is 84.8 cm³/mol. The number of aryl methyl sites for hydroxylation is 2. The molecule has 1 aliphatic carbocycles. The van der Waals surface area contributed by atoms with Gasteiger partial charge in [-0.25, -0.2) is 4.98 Å². The summed E-state index contributed by atoms with van der Waals surface area (Å²) in [6, 6.07) is 6.38. The van der Waals surface area contributed by atoms with Gasteiger partial charge in [-0.15, -0.1) is 0 Å². The molecule has 1 unspecified atom stereocenters. The molecular weight excluding hydrogens is 244 g/mol. The van der Waals surface area contributed by atoms with Gasteiger partial charge in [-0.3, -0.25) is 0 Å². The number of imidazole rings is 1. The summed E-state index contributed by atoms with van der Waals surface area (Å²) in [5.74, 6) is 1.11. The smallest absolute Gasteiger partial charge is 0.107 e. The van der Waals surface area contributed by atoms with E-state index in [2.05, 4.69) is 62.2 Å². The fraction of sp³-hybridized carbons (Fsp3) is 0.389. The van der Waals surface area contributed by atoms with Gasteiger partial charge in [-0.1, -0.05) is 36.8 Å². The van der Waals surface area contributed by atoms with E-state index >= 15 is 0 Å². The largest absolute Gasteiger partial charge is 0.342 e. The SMILES string of the molecule is CC1=CC=CCC1(C)CCc1nc2ccc(C)cc2[nH]1. The van der Waals surface area contributed by atoms with Gasteiger partial charge in [0.25, 0.3) is 0 Å². The van der Waals surface area contributed by atoms with E-state index in [0.717, 1.165) is 36.1 Å². The molecule has 1 aromatic carbocycles. The summed E-state index contributed by atoms with van der Waals surface area (Å²) in [7, 11) is 0. The first-order valence-corrected chi connectivity index (χ1v) is 7.36. The van der Waals surface area contributed by atoms with Crippen LogP contribution in [0.25, 0.3) is 11.0 Å². The van der Waals surface area contributed by atoms with E-state index in [1.807, 2.05) is 0 Å². The van der Waals surface area contributed by atoms with Gasteiger partial charge in [0.1, 0.15) is 5.82 Å². The monoisotopic (exact) mass is 266 g/mol. The molecule has 0 aliphatic heterocycles. The lowest BCUT2D eigenvalue weighted by molar-refractivity contribution is 0.363. The van der Waals surface area contributed by atoms with Crippen molar-refractivity contribution in [2.24, 2.45) is 5.41 Å². The Bertz CT molecular complexity index is 691. The fourth-order valence-corrected chi connectivity index (χ4v) is 2.89. The van der Waals surface area contributed by atoms with Crippen LogP contribution in [0.15, 0.2) is 42.0 Å². The molecule has 0 spiro atoms. The van der Waals surface area contributed by atoms with E-state index < -0.39 is 0 Å². The van der Waals surface area contributed by atoms with E-state index in [1.54, 1.807) is 0 Å². The van der Waals surface area contributed by atoms with Crippen molar-refractivity contribution in [3.05, 3.63) is 53.4 Å². The summed E-state index contributed by atoms with van der Waals surface area (Å²) in [5, 5.41) is 0. The van der Waals surface area contributed by atoms with E-state index in [1.165, 1.54) is 11.1 Å². The Balaban J connectivity index is 1.77. The van der Waals surface area contributed by atoms with Crippen LogP contribution >= 0.6 is 0 Å². The number of rotatable bonds is 3. The van der Waals surface area contributed by atoms with Crippen molar-refractivity contribution in [3.63, 3.8) is 0 Å². The third kappa shape index (κ3) is 2.43. The third-order valence-corrected chi connectivity index (χ3v) is 4.60. The molecule has 0 fully saturated rings. The number of fused-ring (bicyclic) bond motifs is 1. The van der Waals surface area contributed by atoms with Crippen molar-refractivity contribution in [1.29, 1.82) is 0 Å². The van der Waals surface area contributed by atoms with Gasteiger partial charge < -0.3 is 4.98 Å². The van der Waals surface area contributed by atoms with Crippen molar-refractivity contribution in [3.8, 4) is 0 Å². The first-order chi connectivity index (χ1) is 9.57. The highest BCUT2D eigenvalue weighted by atomic mass is 14.9. The maximum absolute atomic E-state index is 4.70. The van der Waals surface area contributed by atoms with Crippen LogP contribution in [0.4, 0.5) is 0 Å². The lowest BCUT2D eigenvalue weighted by Crippen LogP contribution is -2.20. The van der Waals surface area contributed by atoms with E-state index in [-0.39, 0.29) is 5.41 Å². The van der Waals surface area contributed by atoms with Gasteiger partial charge in [0, 0.05) is 6.42 Å². The summed E-state index contributed by atoms with van der Waals surface area (Å²) in [5.41, 5.74) is 5.26. The quantitative estimate of drug-likeness (QED) is 0.855. The highest BCUT2D eigenvalue weighted by Crippen LogP contribution is 2.38. The van der Waals surface area contributed by atoms with Crippen molar-refractivity contribution in [2.75, 3.05) is 0 Å². The molecule has 104 valence electrons. The van der Waals surface area contributed by atoms with Crippen LogP contribution < -0.4 is 0 Å². The number of aromatic amines is 1. The van der Waals surface area contributed by atoms with Crippen LogP contribution in [0.5, 0.6) is 0 Å². The first kappa shape index (κ1) is 13.2. The number of aromatic nitrogens is 2. The van der Waals surface area contributed by atoms with Crippen molar-refractivity contribution < 1.29 is 0 Å². The minimum absolute atomic E-state index is 0.281. The minimum atomic E-state index is 0.281. The van der Waals surface area contributed by atoms with E-state index in [9.17, 15) is 0 Å². The van der Waals surface area contributed by atoms with Gasteiger partial charge >= 0.3 is 0 Å². The first-order valence-electron chi connectivity index (χ1n) is 7.36. The average molecular weight is 266 g/mol. The maximum Gasteiger partial charge on any atom is 0.107 e. The summed E-state index contributed by atoms with van der Waals surface area (Å²) < 4.78 is 0. The summed E-state index contributed by atoms with van der Waals surface area (Å²) >= 11 is 0. The number of hydrogen-bond acceptors (Lipinski definition) is 1. The molecule has 1 heterocycles. The van der Waals surface area contributed by atoms with Gasteiger partial charge in [0.2, 0.25) is 0 Å². The van der Waals surface area contributed by atoms with E-state index in [0.29, 0.717) is 0 Å². The molecule has 1 aliphatic rings. The highest BCUT2D eigenvalue weighted by Gasteiger charge is 2.26. The molecule has 0 amide bonds. The lowest BCUT2D eigenvalue weighted by Gasteiger charge is -2.31. The molecule has 20 heavy (non-hydrogen) atoms. The zero-order valence-electron chi connectivity index (χ0n) is 12.5. The number of nitrogens with one attached hydrogen (secondary N) is 1. The zero-order chi connectivity index (χ0) is 14.2. The topological polar surface area (TPSA) is 28.7 Å². The van der Waals surface area contributed by atoms with Crippen molar-refractivity contribution in [2.45, 2.75) is 40.0 Å². The Labute approximate surface area is 120 Å². The second kappa shape index (κ2) is 4.93. The fourth-order valence-electron chi connectivity index (χ4n) is 2.89. The zero-order valence-corrected chi connectivity index (χ0v) is 12.5. The Kier molecular flexibility index (Phi) is 3.25. The van der Waals surface area contributed by atoms with Crippen LogP contribution in [0, 0.1) is 12.3 Å². The summed E-state index contributed by atoms with van der Waals surface area (Å²) in [6.07, 6.45) is 9.96. The molecule has 0 bridgehead atoms. The molecular formula is C18H22N2. The second-order valence-corrected chi connectivity index (χ2v) is 6.25. The molecule has 1 aromatic heterocycles. The second-order valence-electron chi connectivity index (χ2n) is 6.25. The van der Waals surface area contributed by atoms with Crippen LogP contribution in [-0.4, -0.2) is 9.97 Å². The Morgan fingerprint density at radius 1 is 1.30 bits per heavy atom. The minimum Gasteiger partial charge on any atom is -0.342 e. The van der Waals surface area contributed by atoms with E-state index in [4.69, 9.17) is 4.98 Å². The molecule has 0 saturated heterocycles. The predicted octanol–water partition coefficient (Wildman–Crippen LogP) is 4.72. The molecule has 2 nitrogen and oxygen atoms in total. The summed E-state index contributed by atoms with van der Waals surface area (Å²) in [4.78, 5) is 8.16. The van der Waals surface area contributed by atoms with Gasteiger partial charge in [-0.05, 0) is 49.8 Å². The molecule has 1 N–H and O–H groups in total. The van der Waals surface area contributed by atoms with Gasteiger partial charge in [-0.2, -0.15) is 0 Å². The molecule has 0 saturated carbocycles. The van der Waals surface area contributed by atoms with Gasteiger partial charge in [0.05, 0.1) is 11.0 Å². The molecule has 0 radical (unpaired) electrons. The Hall–Kier alpha value is -1.83. The number of nitrogens with zero attached hydrogens (tertiary/aromatic N) is 1. The molecule has 1 atom stereocenters. The van der Waals surface area contributed by atoms with Gasteiger partial charge in [0.15, 0.2) is 0 Å². The molecule has 2 aromatic rings. The van der Waals surface area contributed by atoms with Crippen LogP contribution in [-0.2, 0) is 6.42 Å². The standard InChI is InChI=1S/C18H22N2/c1-13-7-8-15-16(12-13)20-17(19-15)9-11-18(3)10-5-4-6-14(18)2/h4-8,12H,9-11H2,1-3H3,(H,19,20). The van der Waals surface area contributed by atoms with Crippen LogP contribution in [0.2, 0.25) is 0 Å². The van der Waals surface area contributed by atoms with Crippen LogP contribution in [0.1, 0.15) is 38.1 Å². The van der Waals surface area contributed by atoms with Crippen LogP contribution in [0.3, 0.4) is 0 Å². The maximum atomic E-state index is 4.70. The Morgan fingerprint density at radius 2 is 2.15 bits per heavy atom. The summed E-state index contributed by atoms with van der Waals surface area (Å²) in [6.45, 7) is 6.71. The third-order valence-electron chi connectivity index (χ3n) is 4.60. The van der Waals surface area contributed by atoms with Crippen molar-refractivity contribution in [1.82, 2.24) is 9.97 Å². The number of allylic oxidation sites excluding steroid dienone is 4. The number of benzene rings is 1. The lowest BCUT2D eigenvalue weighted by atomic mass is 9.74. The number of H-pyrrole nitrogens is 1. The Morgan fingerprint density at radius 3 is 2.95 bits per heavy atom. The highest BCUT2D eigenvalue weighted by molar-refractivity contribution is 5.75. The molecule has 2 heteroatoms. The van der Waals surface area contributed by atoms with Crippen molar-refractivity contribution >= 4 is 11.0 Å². The normalized spacial score (nSPS) is 22.2.